The highest BCUT2D eigenvalue weighted by molar-refractivity contribution is 14.1. The lowest BCUT2D eigenvalue weighted by Crippen LogP contribution is -2.15. The number of hydrogen-bond acceptors (Lipinski definition) is 2. The molecule has 6 heteroatoms. The van der Waals surface area contributed by atoms with E-state index in [0.29, 0.717) is 9.26 Å². The molecule has 1 heterocycles. The van der Waals surface area contributed by atoms with Gasteiger partial charge in [-0.2, -0.15) is 0 Å². The zero-order chi connectivity index (χ0) is 10.0. The van der Waals surface area contributed by atoms with Gasteiger partial charge in [-0.15, -0.1) is 0 Å². The zero-order valence-corrected chi connectivity index (χ0v) is 8.64. The largest absolute Gasteiger partial charge is 0.355 e. The first-order chi connectivity index (χ1) is 6.06. The second-order valence-electron chi connectivity index (χ2n) is 2.39. The lowest BCUT2D eigenvalue weighted by Gasteiger charge is -2.04. The second-order valence-corrected chi connectivity index (χ2v) is 3.47. The number of halogens is 3. The van der Waals surface area contributed by atoms with Crippen molar-refractivity contribution in [3.8, 4) is 0 Å². The van der Waals surface area contributed by atoms with Crippen molar-refractivity contribution >= 4 is 22.6 Å². The Hall–Kier alpha value is -0.500. The maximum atomic E-state index is 12.2. The van der Waals surface area contributed by atoms with E-state index in [0.717, 1.165) is 6.07 Å². The van der Waals surface area contributed by atoms with Crippen molar-refractivity contribution < 1.29 is 8.78 Å². The van der Waals surface area contributed by atoms with Gasteiger partial charge >= 0.3 is 0 Å². The minimum Gasteiger partial charge on any atom is -0.355 e. The number of H-pyrrole nitrogens is 1. The Morgan fingerprint density at radius 2 is 2.23 bits per heavy atom. The van der Waals surface area contributed by atoms with Crippen molar-refractivity contribution in [2.45, 2.75) is 13.0 Å². The SMILES string of the molecule is NCc1[nH]c(C(F)F)cc(=O)c1I. The number of aromatic amines is 1. The molecule has 13 heavy (non-hydrogen) atoms. The average Bonchev–Trinajstić information content (AvgIpc) is 2.09. The highest BCUT2D eigenvalue weighted by Crippen LogP contribution is 2.16. The predicted octanol–water partition coefficient (Wildman–Crippen LogP) is 1.38. The minimum atomic E-state index is -2.67. The highest BCUT2D eigenvalue weighted by atomic mass is 127. The van der Waals surface area contributed by atoms with E-state index in [-0.39, 0.29) is 12.2 Å². The topological polar surface area (TPSA) is 58.9 Å². The summed E-state index contributed by atoms with van der Waals surface area (Å²) in [5.41, 5.74) is 4.81. The summed E-state index contributed by atoms with van der Waals surface area (Å²) in [6, 6.07) is 0.894. The molecule has 0 atom stereocenters. The van der Waals surface area contributed by atoms with Gasteiger partial charge in [0.1, 0.15) is 0 Å². The van der Waals surface area contributed by atoms with Gasteiger partial charge in [-0.1, -0.05) is 0 Å². The third-order valence-electron chi connectivity index (χ3n) is 1.50. The van der Waals surface area contributed by atoms with Crippen LogP contribution in [0, 0.1) is 3.57 Å². The summed E-state index contributed by atoms with van der Waals surface area (Å²) < 4.78 is 24.7. The van der Waals surface area contributed by atoms with E-state index in [9.17, 15) is 13.6 Å². The van der Waals surface area contributed by atoms with Crippen LogP contribution in [0.25, 0.3) is 0 Å². The third kappa shape index (κ3) is 2.25. The summed E-state index contributed by atoms with van der Waals surface area (Å²) in [7, 11) is 0. The van der Waals surface area contributed by atoms with E-state index in [2.05, 4.69) is 4.98 Å². The summed E-state index contributed by atoms with van der Waals surface area (Å²) in [6.07, 6.45) is -2.67. The van der Waals surface area contributed by atoms with Crippen molar-refractivity contribution in [3.05, 3.63) is 31.2 Å². The fourth-order valence-electron chi connectivity index (χ4n) is 0.877. The van der Waals surface area contributed by atoms with Crippen molar-refractivity contribution in [3.63, 3.8) is 0 Å². The van der Waals surface area contributed by atoms with Crippen molar-refractivity contribution in [1.29, 1.82) is 0 Å². The summed E-state index contributed by atoms with van der Waals surface area (Å²) in [6.45, 7) is 0.0497. The molecule has 0 fully saturated rings. The molecule has 0 spiro atoms. The lowest BCUT2D eigenvalue weighted by molar-refractivity contribution is 0.145. The highest BCUT2D eigenvalue weighted by Gasteiger charge is 2.12. The van der Waals surface area contributed by atoms with Gasteiger partial charge in [-0.3, -0.25) is 4.79 Å². The van der Waals surface area contributed by atoms with Crippen LogP contribution in [0.5, 0.6) is 0 Å². The van der Waals surface area contributed by atoms with E-state index in [1.807, 2.05) is 0 Å². The second kappa shape index (κ2) is 4.14. The normalized spacial score (nSPS) is 10.8. The zero-order valence-electron chi connectivity index (χ0n) is 6.48. The Kier molecular flexibility index (Phi) is 3.37. The van der Waals surface area contributed by atoms with Gasteiger partial charge < -0.3 is 10.7 Å². The molecule has 0 aromatic carbocycles. The first-order valence-electron chi connectivity index (χ1n) is 3.46. The standard InChI is InChI=1S/C7H7F2IN2O/c8-7(9)3-1-5(13)6(10)4(2-11)12-3/h1,7H,2,11H2,(H,12,13). The number of aromatic nitrogens is 1. The molecule has 1 aromatic rings. The van der Waals surface area contributed by atoms with Gasteiger partial charge in [0, 0.05) is 18.3 Å². The maximum Gasteiger partial charge on any atom is 0.278 e. The van der Waals surface area contributed by atoms with E-state index < -0.39 is 11.9 Å². The fraction of sp³-hybridized carbons (Fsp3) is 0.286. The molecule has 0 amide bonds. The van der Waals surface area contributed by atoms with Crippen molar-refractivity contribution in [1.82, 2.24) is 4.98 Å². The Balaban J connectivity index is 3.31. The number of nitrogens with one attached hydrogen (secondary N) is 1. The predicted molar refractivity (Wildman–Crippen MR) is 52.6 cm³/mol. The maximum absolute atomic E-state index is 12.2. The Bertz CT molecular complexity index is 364. The van der Waals surface area contributed by atoms with Gasteiger partial charge in [-0.05, 0) is 22.6 Å². The summed E-state index contributed by atoms with van der Waals surface area (Å²) in [5, 5.41) is 0. The molecule has 3 nitrogen and oxygen atoms in total. The molecule has 0 unspecified atom stereocenters. The van der Waals surface area contributed by atoms with E-state index in [1.165, 1.54) is 0 Å². The molecule has 72 valence electrons. The monoisotopic (exact) mass is 300 g/mol. The Morgan fingerprint density at radius 3 is 2.69 bits per heavy atom. The van der Waals surface area contributed by atoms with Gasteiger partial charge in [0.15, 0.2) is 5.43 Å². The van der Waals surface area contributed by atoms with Crippen LogP contribution in [0.4, 0.5) is 8.78 Å². The van der Waals surface area contributed by atoms with Crippen LogP contribution < -0.4 is 11.2 Å². The number of nitrogens with two attached hydrogens (primary N) is 1. The summed E-state index contributed by atoms with van der Waals surface area (Å²) >= 11 is 1.78. The van der Waals surface area contributed by atoms with E-state index in [1.54, 1.807) is 22.6 Å². The molecule has 0 aliphatic heterocycles. The van der Waals surface area contributed by atoms with Gasteiger partial charge in [0.25, 0.3) is 6.43 Å². The molecule has 3 N–H and O–H groups in total. The fourth-order valence-corrected chi connectivity index (χ4v) is 1.39. The number of pyridine rings is 1. The van der Waals surface area contributed by atoms with E-state index >= 15 is 0 Å². The number of alkyl halides is 2. The van der Waals surface area contributed by atoms with Gasteiger partial charge in [0.05, 0.1) is 9.26 Å². The molecule has 0 bridgehead atoms. The van der Waals surface area contributed by atoms with Crippen LogP contribution >= 0.6 is 22.6 Å². The molecular weight excluding hydrogens is 293 g/mol. The van der Waals surface area contributed by atoms with Gasteiger partial charge in [-0.25, -0.2) is 8.78 Å². The lowest BCUT2D eigenvalue weighted by atomic mass is 10.3. The molecule has 0 aliphatic carbocycles. The average molecular weight is 300 g/mol. The molecule has 0 saturated carbocycles. The first-order valence-corrected chi connectivity index (χ1v) is 4.54. The molecular formula is C7H7F2IN2O. The Morgan fingerprint density at radius 1 is 1.62 bits per heavy atom. The molecule has 0 saturated heterocycles. The first kappa shape index (κ1) is 10.6. The van der Waals surface area contributed by atoms with Crippen LogP contribution in [0.1, 0.15) is 17.8 Å². The third-order valence-corrected chi connectivity index (χ3v) is 2.69. The molecule has 0 radical (unpaired) electrons. The van der Waals surface area contributed by atoms with Crippen LogP contribution in [0.3, 0.4) is 0 Å². The number of hydrogen-bond donors (Lipinski definition) is 2. The van der Waals surface area contributed by atoms with Crippen LogP contribution in [0.15, 0.2) is 10.9 Å². The van der Waals surface area contributed by atoms with Crippen molar-refractivity contribution in [2.24, 2.45) is 5.73 Å². The molecule has 0 aliphatic rings. The van der Waals surface area contributed by atoms with E-state index in [4.69, 9.17) is 5.73 Å². The van der Waals surface area contributed by atoms with Crippen LogP contribution in [-0.2, 0) is 6.54 Å². The molecule has 1 aromatic heterocycles. The quantitative estimate of drug-likeness (QED) is 0.811. The smallest absolute Gasteiger partial charge is 0.278 e. The van der Waals surface area contributed by atoms with Crippen LogP contribution in [0.2, 0.25) is 0 Å². The Labute approximate surface area is 86.5 Å². The van der Waals surface area contributed by atoms with Gasteiger partial charge in [0.2, 0.25) is 0 Å². The van der Waals surface area contributed by atoms with Crippen LogP contribution in [-0.4, -0.2) is 4.98 Å². The summed E-state index contributed by atoms with van der Waals surface area (Å²) in [5.74, 6) is 0. The molecule has 1 rings (SSSR count). The summed E-state index contributed by atoms with van der Waals surface area (Å²) in [4.78, 5) is 13.5. The number of rotatable bonds is 2. The van der Waals surface area contributed by atoms with Crippen molar-refractivity contribution in [2.75, 3.05) is 0 Å². The minimum absolute atomic E-state index is 0.0497.